The van der Waals surface area contributed by atoms with E-state index in [-0.39, 0.29) is 5.54 Å². The first-order valence-electron chi connectivity index (χ1n) is 6.85. The Balaban J connectivity index is 2.10. The number of para-hydroxylation sites is 1. The van der Waals surface area contributed by atoms with E-state index in [0.717, 1.165) is 22.3 Å². The molecule has 5 heteroatoms. The van der Waals surface area contributed by atoms with Crippen molar-refractivity contribution in [2.24, 2.45) is 0 Å². The quantitative estimate of drug-likeness (QED) is 0.897. The standard InChI is InChI=1S/C16H20BrN3O/c1-11-12(10-19-16(2,3)4)9-18-15(20-11)21-14-8-6-5-7-13(14)17/h5-9,19H,10H2,1-4H3. The van der Waals surface area contributed by atoms with E-state index in [0.29, 0.717) is 11.8 Å². The molecule has 112 valence electrons. The first-order valence-corrected chi connectivity index (χ1v) is 7.64. The van der Waals surface area contributed by atoms with Gasteiger partial charge in [-0.2, -0.15) is 4.98 Å². The zero-order valence-electron chi connectivity index (χ0n) is 12.8. The van der Waals surface area contributed by atoms with E-state index in [4.69, 9.17) is 4.74 Å². The van der Waals surface area contributed by atoms with Gasteiger partial charge in [-0.3, -0.25) is 0 Å². The Labute approximate surface area is 134 Å². The van der Waals surface area contributed by atoms with Crippen LogP contribution in [0.3, 0.4) is 0 Å². The van der Waals surface area contributed by atoms with Crippen molar-refractivity contribution in [1.82, 2.24) is 15.3 Å². The third-order valence-electron chi connectivity index (χ3n) is 2.91. The number of nitrogens with one attached hydrogen (secondary N) is 1. The summed E-state index contributed by atoms with van der Waals surface area (Å²) in [5.41, 5.74) is 2.06. The summed E-state index contributed by atoms with van der Waals surface area (Å²) < 4.78 is 6.58. The van der Waals surface area contributed by atoms with E-state index >= 15 is 0 Å². The molecule has 2 rings (SSSR count). The number of aromatic nitrogens is 2. The zero-order chi connectivity index (χ0) is 15.5. The molecule has 21 heavy (non-hydrogen) atoms. The fraction of sp³-hybridized carbons (Fsp3) is 0.375. The summed E-state index contributed by atoms with van der Waals surface area (Å²) in [5.74, 6) is 0.706. The predicted octanol–water partition coefficient (Wildman–Crippen LogP) is 4.23. The average molecular weight is 350 g/mol. The van der Waals surface area contributed by atoms with Gasteiger partial charge in [0.2, 0.25) is 0 Å². The lowest BCUT2D eigenvalue weighted by Gasteiger charge is -2.21. The van der Waals surface area contributed by atoms with E-state index in [1.54, 1.807) is 0 Å². The fourth-order valence-corrected chi connectivity index (χ4v) is 2.05. The van der Waals surface area contributed by atoms with E-state index < -0.39 is 0 Å². The number of hydrogen-bond donors (Lipinski definition) is 1. The Bertz CT molecular complexity index is 623. The van der Waals surface area contributed by atoms with Crippen LogP contribution in [0.4, 0.5) is 0 Å². The molecule has 0 atom stereocenters. The van der Waals surface area contributed by atoms with Gasteiger partial charge in [0.15, 0.2) is 0 Å². The molecule has 2 aromatic rings. The van der Waals surface area contributed by atoms with E-state index in [9.17, 15) is 0 Å². The Morgan fingerprint density at radius 1 is 1.24 bits per heavy atom. The summed E-state index contributed by atoms with van der Waals surface area (Å²) in [6.07, 6.45) is 1.81. The molecule has 0 fully saturated rings. The first-order chi connectivity index (χ1) is 9.85. The highest BCUT2D eigenvalue weighted by molar-refractivity contribution is 9.10. The highest BCUT2D eigenvalue weighted by Gasteiger charge is 2.11. The fourth-order valence-electron chi connectivity index (χ4n) is 1.68. The second-order valence-electron chi connectivity index (χ2n) is 5.90. The van der Waals surface area contributed by atoms with Gasteiger partial charge in [-0.25, -0.2) is 4.98 Å². The van der Waals surface area contributed by atoms with Crippen LogP contribution >= 0.6 is 15.9 Å². The van der Waals surface area contributed by atoms with Crippen molar-refractivity contribution in [2.45, 2.75) is 39.8 Å². The minimum absolute atomic E-state index is 0.0660. The smallest absolute Gasteiger partial charge is 0.322 e. The van der Waals surface area contributed by atoms with Crippen LogP contribution in [0.25, 0.3) is 0 Å². The third-order valence-corrected chi connectivity index (χ3v) is 3.56. The van der Waals surface area contributed by atoms with Gasteiger partial charge in [0.05, 0.1) is 4.47 Å². The molecule has 0 radical (unpaired) electrons. The predicted molar refractivity (Wildman–Crippen MR) is 87.6 cm³/mol. The maximum atomic E-state index is 5.70. The molecule has 0 bridgehead atoms. The Kier molecular flexibility index (Phi) is 4.96. The molecule has 0 spiro atoms. The summed E-state index contributed by atoms with van der Waals surface area (Å²) in [7, 11) is 0. The van der Waals surface area contributed by atoms with Crippen molar-refractivity contribution in [2.75, 3.05) is 0 Å². The molecule has 0 saturated heterocycles. The number of hydrogen-bond acceptors (Lipinski definition) is 4. The topological polar surface area (TPSA) is 47.0 Å². The molecule has 4 nitrogen and oxygen atoms in total. The van der Waals surface area contributed by atoms with Crippen LogP contribution in [0.5, 0.6) is 11.8 Å². The summed E-state index contributed by atoms with van der Waals surface area (Å²) in [6.45, 7) is 9.10. The maximum Gasteiger partial charge on any atom is 0.322 e. The van der Waals surface area contributed by atoms with Crippen molar-refractivity contribution in [3.8, 4) is 11.8 Å². The SMILES string of the molecule is Cc1nc(Oc2ccccc2Br)ncc1CNC(C)(C)C. The monoisotopic (exact) mass is 349 g/mol. The summed E-state index contributed by atoms with van der Waals surface area (Å²) in [5, 5.41) is 3.43. The van der Waals surface area contributed by atoms with Gasteiger partial charge in [-0.1, -0.05) is 12.1 Å². The number of aryl methyl sites for hydroxylation is 1. The number of rotatable bonds is 4. The van der Waals surface area contributed by atoms with Gasteiger partial charge in [0.1, 0.15) is 5.75 Å². The molecule has 0 aliphatic heterocycles. The molecule has 1 N–H and O–H groups in total. The van der Waals surface area contributed by atoms with Crippen molar-refractivity contribution in [1.29, 1.82) is 0 Å². The van der Waals surface area contributed by atoms with Crippen LogP contribution in [0.1, 0.15) is 32.0 Å². The molecule has 1 aromatic carbocycles. The van der Waals surface area contributed by atoms with Gasteiger partial charge in [-0.05, 0) is 55.8 Å². The van der Waals surface area contributed by atoms with Crippen LogP contribution < -0.4 is 10.1 Å². The largest absolute Gasteiger partial charge is 0.423 e. The van der Waals surface area contributed by atoms with Gasteiger partial charge < -0.3 is 10.1 Å². The maximum absolute atomic E-state index is 5.70. The first kappa shape index (κ1) is 15.9. The lowest BCUT2D eigenvalue weighted by atomic mass is 10.1. The number of nitrogens with zero attached hydrogens (tertiary/aromatic N) is 2. The van der Waals surface area contributed by atoms with Crippen molar-refractivity contribution >= 4 is 15.9 Å². The van der Waals surface area contributed by atoms with Gasteiger partial charge in [0.25, 0.3) is 0 Å². The number of benzene rings is 1. The van der Waals surface area contributed by atoms with Gasteiger partial charge >= 0.3 is 6.01 Å². The van der Waals surface area contributed by atoms with Crippen LogP contribution in [-0.4, -0.2) is 15.5 Å². The van der Waals surface area contributed by atoms with Crippen molar-refractivity contribution in [3.05, 3.63) is 46.2 Å². The van der Waals surface area contributed by atoms with Crippen LogP contribution in [0.15, 0.2) is 34.9 Å². The highest BCUT2D eigenvalue weighted by Crippen LogP contribution is 2.27. The molecule has 1 aromatic heterocycles. The number of halogens is 1. The number of ether oxygens (including phenoxy) is 1. The lowest BCUT2D eigenvalue weighted by molar-refractivity contribution is 0.418. The highest BCUT2D eigenvalue weighted by atomic mass is 79.9. The van der Waals surface area contributed by atoms with Crippen molar-refractivity contribution < 1.29 is 4.74 Å². The van der Waals surface area contributed by atoms with Crippen LogP contribution in [0, 0.1) is 6.92 Å². The molecule has 0 amide bonds. The van der Waals surface area contributed by atoms with E-state index in [1.165, 1.54) is 0 Å². The van der Waals surface area contributed by atoms with Crippen LogP contribution in [-0.2, 0) is 6.54 Å². The minimum Gasteiger partial charge on any atom is -0.423 e. The van der Waals surface area contributed by atoms with Crippen molar-refractivity contribution in [3.63, 3.8) is 0 Å². The third kappa shape index (κ3) is 4.79. The Morgan fingerprint density at radius 3 is 2.57 bits per heavy atom. The molecule has 1 heterocycles. The molecule has 0 unspecified atom stereocenters. The molecule has 0 saturated carbocycles. The molecule has 0 aliphatic carbocycles. The molecular weight excluding hydrogens is 330 g/mol. The lowest BCUT2D eigenvalue weighted by Crippen LogP contribution is -2.35. The van der Waals surface area contributed by atoms with Gasteiger partial charge in [0, 0.05) is 29.5 Å². The minimum atomic E-state index is 0.0660. The van der Waals surface area contributed by atoms with Crippen LogP contribution in [0.2, 0.25) is 0 Å². The Hall–Kier alpha value is -1.46. The second-order valence-corrected chi connectivity index (χ2v) is 6.75. The molecule has 0 aliphatic rings. The Morgan fingerprint density at radius 2 is 1.95 bits per heavy atom. The van der Waals surface area contributed by atoms with Gasteiger partial charge in [-0.15, -0.1) is 0 Å². The summed E-state index contributed by atoms with van der Waals surface area (Å²) in [6, 6.07) is 8.00. The normalized spacial score (nSPS) is 11.5. The average Bonchev–Trinajstić information content (AvgIpc) is 2.39. The molecular formula is C16H20BrN3O. The summed E-state index contributed by atoms with van der Waals surface area (Å²) >= 11 is 3.44. The second kappa shape index (κ2) is 6.54. The van der Waals surface area contributed by atoms with E-state index in [1.807, 2.05) is 37.4 Å². The van der Waals surface area contributed by atoms with E-state index in [2.05, 4.69) is 52.0 Å². The zero-order valence-corrected chi connectivity index (χ0v) is 14.4. The summed E-state index contributed by atoms with van der Waals surface area (Å²) in [4.78, 5) is 8.70.